The van der Waals surface area contributed by atoms with Crippen LogP contribution in [0.25, 0.3) is 0 Å². The quantitative estimate of drug-likeness (QED) is 0.531. The highest BCUT2D eigenvalue weighted by molar-refractivity contribution is 8.85. The van der Waals surface area contributed by atoms with Crippen LogP contribution >= 0.6 is 25.2 Å². The third-order valence-corrected chi connectivity index (χ3v) is 15.1. The fraction of sp³-hybridized carbons (Fsp3) is 1.00. The van der Waals surface area contributed by atoms with Crippen LogP contribution in [0.15, 0.2) is 0 Å². The Hall–Kier alpha value is 1.35. The molecule has 0 rings (SSSR count). The van der Waals surface area contributed by atoms with Crippen LogP contribution in [-0.4, -0.2) is 27.0 Å². The van der Waals surface area contributed by atoms with Gasteiger partial charge in [-0.15, -0.1) is 0 Å². The van der Waals surface area contributed by atoms with Crippen molar-refractivity contribution in [3.8, 4) is 0 Å². The molecule has 0 spiro atoms. The average molecular weight is 306 g/mol. The van der Waals surface area contributed by atoms with E-state index in [-0.39, 0.29) is 9.90 Å². The van der Waals surface area contributed by atoms with Crippen LogP contribution in [0.3, 0.4) is 0 Å². The second kappa shape index (κ2) is 9.30. The van der Waals surface area contributed by atoms with Crippen LogP contribution in [0, 0.1) is 0 Å². The highest BCUT2D eigenvalue weighted by Gasteiger charge is 2.33. The topological polar surface area (TPSA) is 40.5 Å². The third-order valence-electron chi connectivity index (χ3n) is 2.96. The van der Waals surface area contributed by atoms with Crippen LogP contribution < -0.4 is 0 Å². The fourth-order valence-corrected chi connectivity index (χ4v) is 10.1. The monoisotopic (exact) mass is 306 g/mol. The van der Waals surface area contributed by atoms with E-state index in [9.17, 15) is 9.79 Å². The molecule has 0 aromatic heterocycles. The molecule has 2 N–H and O–H groups in total. The first-order valence-electron chi connectivity index (χ1n) is 5.75. The standard InChI is InChI=1S/C10H25O2PS2.H3P/c1-4-7-8-9-10-15(5-2,6-3)13(11,12)14;/h4-10H2,1-3H3,(H2,11,12,14);1H3. The maximum Gasteiger partial charge on any atom is 0.224 e. The summed E-state index contributed by atoms with van der Waals surface area (Å²) in [5.74, 6) is 2.67. The van der Waals surface area contributed by atoms with E-state index in [4.69, 9.17) is 11.8 Å². The zero-order valence-electron chi connectivity index (χ0n) is 10.8. The molecule has 2 nitrogen and oxygen atoms in total. The summed E-state index contributed by atoms with van der Waals surface area (Å²) in [6.45, 7) is 6.28. The van der Waals surface area contributed by atoms with Crippen LogP contribution in [-0.2, 0) is 11.8 Å². The Morgan fingerprint density at radius 1 is 1.00 bits per heavy atom. The van der Waals surface area contributed by atoms with Crippen molar-refractivity contribution in [1.82, 2.24) is 0 Å². The summed E-state index contributed by atoms with van der Waals surface area (Å²) in [6.07, 6.45) is 4.75. The Labute approximate surface area is 110 Å². The molecule has 0 heterocycles. The minimum absolute atomic E-state index is 0. The van der Waals surface area contributed by atoms with E-state index in [1.54, 1.807) is 0 Å². The molecule has 102 valence electrons. The van der Waals surface area contributed by atoms with Crippen molar-refractivity contribution in [2.45, 2.75) is 46.5 Å². The molecule has 0 aromatic carbocycles. The van der Waals surface area contributed by atoms with Gasteiger partial charge in [0, 0.05) is 0 Å². The van der Waals surface area contributed by atoms with E-state index < -0.39 is 15.3 Å². The van der Waals surface area contributed by atoms with E-state index in [2.05, 4.69) is 6.92 Å². The van der Waals surface area contributed by atoms with Gasteiger partial charge in [0.05, 0.1) is 0 Å². The van der Waals surface area contributed by atoms with Gasteiger partial charge in [0.2, 0.25) is 5.69 Å². The second-order valence-electron chi connectivity index (χ2n) is 3.83. The molecule has 0 aliphatic rings. The molecule has 0 saturated carbocycles. The van der Waals surface area contributed by atoms with Gasteiger partial charge in [0.25, 0.3) is 0 Å². The first-order chi connectivity index (χ1) is 6.93. The van der Waals surface area contributed by atoms with Gasteiger partial charge in [-0.05, 0) is 35.5 Å². The number of hydrogen-bond donors (Lipinski definition) is 2. The summed E-state index contributed by atoms with van der Waals surface area (Å²) >= 11 is 4.95. The zero-order chi connectivity index (χ0) is 11.9. The lowest BCUT2D eigenvalue weighted by Crippen LogP contribution is -2.11. The third kappa shape index (κ3) is 5.80. The predicted octanol–water partition coefficient (Wildman–Crippen LogP) is 3.68. The highest BCUT2D eigenvalue weighted by Crippen LogP contribution is 2.77. The number of hydrogen-bond acceptors (Lipinski definition) is 1. The smallest absolute Gasteiger partial charge is 0.224 e. The van der Waals surface area contributed by atoms with Crippen molar-refractivity contribution >= 4 is 37.0 Å². The minimum Gasteiger partial charge on any atom is -0.339 e. The first kappa shape index (κ1) is 19.7. The summed E-state index contributed by atoms with van der Waals surface area (Å²) in [6, 6.07) is 0. The van der Waals surface area contributed by atoms with Gasteiger partial charge in [0.1, 0.15) is 0 Å². The van der Waals surface area contributed by atoms with Gasteiger partial charge in [-0.1, -0.05) is 40.0 Å². The number of rotatable bonds is 8. The Morgan fingerprint density at radius 2 is 1.50 bits per heavy atom. The molecule has 6 heteroatoms. The Morgan fingerprint density at radius 3 is 1.81 bits per heavy atom. The first-order valence-corrected chi connectivity index (χ1v) is 11.2. The van der Waals surface area contributed by atoms with Crippen molar-refractivity contribution in [3.05, 3.63) is 0 Å². The molecule has 0 radical (unpaired) electrons. The molecule has 1 atom stereocenters. The molecule has 1 unspecified atom stereocenters. The van der Waals surface area contributed by atoms with Crippen molar-refractivity contribution in [3.63, 3.8) is 0 Å². The fourth-order valence-electron chi connectivity index (χ4n) is 1.75. The highest BCUT2D eigenvalue weighted by atomic mass is 33.0. The Balaban J connectivity index is 0. The lowest BCUT2D eigenvalue weighted by Gasteiger charge is -2.41. The van der Waals surface area contributed by atoms with Gasteiger partial charge in [0.15, 0.2) is 0 Å². The summed E-state index contributed by atoms with van der Waals surface area (Å²) in [5.41, 5.74) is -3.04. The SMILES string of the molecule is CCCCCCS(CC)(CC)P(O)(O)=S.P. The predicted molar refractivity (Wildman–Crippen MR) is 87.5 cm³/mol. The second-order valence-corrected chi connectivity index (χ2v) is 14.4. The maximum absolute atomic E-state index is 9.80. The molecule has 0 aliphatic heterocycles. The Bertz CT molecular complexity index is 215. The zero-order valence-corrected chi connectivity index (χ0v) is 14.8. The van der Waals surface area contributed by atoms with E-state index in [1.165, 1.54) is 19.3 Å². The van der Waals surface area contributed by atoms with Crippen LogP contribution in [0.4, 0.5) is 0 Å². The lowest BCUT2D eigenvalue weighted by molar-refractivity contribution is 0.500. The summed E-state index contributed by atoms with van der Waals surface area (Å²) in [5, 5.41) is 0. The molecule has 16 heavy (non-hydrogen) atoms. The molecule has 0 saturated heterocycles. The molecule has 0 aliphatic carbocycles. The average Bonchev–Trinajstić information content (AvgIpc) is 2.17. The molecule has 0 aromatic rings. The van der Waals surface area contributed by atoms with E-state index >= 15 is 0 Å². The van der Waals surface area contributed by atoms with Gasteiger partial charge < -0.3 is 9.79 Å². The van der Waals surface area contributed by atoms with E-state index in [1.807, 2.05) is 13.8 Å². The minimum atomic E-state index is -3.04. The van der Waals surface area contributed by atoms with Crippen molar-refractivity contribution in [1.29, 1.82) is 0 Å². The molecule has 0 fully saturated rings. The van der Waals surface area contributed by atoms with Gasteiger partial charge in [-0.2, -0.15) is 19.5 Å². The maximum atomic E-state index is 9.80. The normalized spacial score (nSPS) is 13.3. The summed E-state index contributed by atoms with van der Waals surface area (Å²) in [4.78, 5) is 19.6. The van der Waals surface area contributed by atoms with Crippen molar-refractivity contribution < 1.29 is 9.79 Å². The largest absolute Gasteiger partial charge is 0.339 e. The molecule has 0 amide bonds. The van der Waals surface area contributed by atoms with E-state index in [0.29, 0.717) is 0 Å². The number of unbranched alkanes of at least 4 members (excludes halogenated alkanes) is 3. The van der Waals surface area contributed by atoms with Gasteiger partial charge in [-0.3, -0.25) is 0 Å². The van der Waals surface area contributed by atoms with E-state index in [0.717, 1.165) is 23.7 Å². The van der Waals surface area contributed by atoms with Crippen LogP contribution in [0.5, 0.6) is 0 Å². The van der Waals surface area contributed by atoms with Gasteiger partial charge in [-0.25, -0.2) is 0 Å². The van der Waals surface area contributed by atoms with Crippen molar-refractivity contribution in [2.75, 3.05) is 17.3 Å². The summed E-state index contributed by atoms with van der Waals surface area (Å²) < 4.78 is 0. The molecule has 0 bridgehead atoms. The molecular formula is C10H28O2P2S2. The van der Waals surface area contributed by atoms with Crippen LogP contribution in [0.1, 0.15) is 46.5 Å². The van der Waals surface area contributed by atoms with Gasteiger partial charge >= 0.3 is 0 Å². The van der Waals surface area contributed by atoms with Crippen LogP contribution in [0.2, 0.25) is 0 Å². The lowest BCUT2D eigenvalue weighted by atomic mass is 10.2. The summed E-state index contributed by atoms with van der Waals surface area (Å²) in [7, 11) is -1.33. The molecular weight excluding hydrogens is 278 g/mol. The Kier molecular flexibility index (Phi) is 11.4. The van der Waals surface area contributed by atoms with Crippen molar-refractivity contribution in [2.24, 2.45) is 0 Å².